The van der Waals surface area contributed by atoms with Crippen molar-refractivity contribution in [1.82, 2.24) is 0 Å². The number of fused-ring (bicyclic) bond motifs is 2. The van der Waals surface area contributed by atoms with E-state index in [1.807, 2.05) is 74.5 Å². The summed E-state index contributed by atoms with van der Waals surface area (Å²) in [5.74, 6) is -0.554. The van der Waals surface area contributed by atoms with Crippen LogP contribution in [0.25, 0.3) is 11.1 Å². The molecule has 0 aliphatic heterocycles. The molecule has 0 fully saturated rings. The van der Waals surface area contributed by atoms with Gasteiger partial charge in [-0.15, -0.1) is 0 Å². The Balaban J connectivity index is 1.64. The molecule has 156 valence electrons. The summed E-state index contributed by atoms with van der Waals surface area (Å²) in [5, 5.41) is 15.6. The lowest BCUT2D eigenvalue weighted by molar-refractivity contribution is -0.113. The van der Waals surface area contributed by atoms with Crippen LogP contribution in [0.5, 0.6) is 0 Å². The van der Waals surface area contributed by atoms with E-state index in [4.69, 9.17) is 0 Å². The number of ketones is 1. The maximum atomic E-state index is 13.2. The van der Waals surface area contributed by atoms with Crippen molar-refractivity contribution in [2.24, 2.45) is 10.6 Å². The highest BCUT2D eigenvalue weighted by molar-refractivity contribution is 6.50. The molecule has 2 N–H and O–H groups in total. The zero-order valence-electron chi connectivity index (χ0n) is 17.6. The molecule has 0 heterocycles. The van der Waals surface area contributed by atoms with Gasteiger partial charge in [0, 0.05) is 16.7 Å². The minimum Gasteiger partial charge on any atom is -0.410 e. The van der Waals surface area contributed by atoms with Crippen LogP contribution in [0.15, 0.2) is 94.7 Å². The topological polar surface area (TPSA) is 78.8 Å². The van der Waals surface area contributed by atoms with E-state index in [0.717, 1.165) is 16.7 Å². The van der Waals surface area contributed by atoms with Crippen molar-refractivity contribution >= 4 is 23.1 Å². The lowest BCUT2D eigenvalue weighted by atomic mass is 9.75. The molecule has 0 aromatic heterocycles. The first-order valence-electron chi connectivity index (χ1n) is 10.3. The second-order valence-electron chi connectivity index (χ2n) is 8.22. The van der Waals surface area contributed by atoms with Gasteiger partial charge in [-0.3, -0.25) is 9.59 Å². The van der Waals surface area contributed by atoms with Crippen molar-refractivity contribution in [2.75, 3.05) is 5.32 Å². The monoisotopic (exact) mass is 412 g/mol. The van der Waals surface area contributed by atoms with E-state index in [1.165, 1.54) is 6.08 Å². The van der Waals surface area contributed by atoms with Crippen LogP contribution in [0, 0.1) is 5.41 Å². The highest BCUT2D eigenvalue weighted by Crippen LogP contribution is 2.43. The Kier molecular flexibility index (Phi) is 5.42. The number of allylic oxidation sites excluding steroid dienone is 5. The lowest BCUT2D eigenvalue weighted by Gasteiger charge is -2.28. The summed E-state index contributed by atoms with van der Waals surface area (Å²) in [5.41, 5.74) is 4.34. The summed E-state index contributed by atoms with van der Waals surface area (Å²) in [4.78, 5) is 25.6. The summed E-state index contributed by atoms with van der Waals surface area (Å²) in [6.07, 6.45) is 6.08. The molecule has 0 unspecified atom stereocenters. The number of oxime groups is 1. The molecule has 0 saturated carbocycles. The Hall–Kier alpha value is -3.73. The van der Waals surface area contributed by atoms with Gasteiger partial charge in [0.25, 0.3) is 5.91 Å². The van der Waals surface area contributed by atoms with E-state index in [9.17, 15) is 14.8 Å². The number of amides is 1. The van der Waals surface area contributed by atoms with Gasteiger partial charge in [0.15, 0.2) is 5.71 Å². The number of nitrogens with zero attached hydrogens (tertiary/aromatic N) is 1. The van der Waals surface area contributed by atoms with Crippen molar-refractivity contribution in [3.05, 3.63) is 89.5 Å². The second-order valence-corrected chi connectivity index (χ2v) is 8.22. The number of rotatable bonds is 3. The fraction of sp³-hybridized carbons (Fsp3) is 0.192. The summed E-state index contributed by atoms with van der Waals surface area (Å²) >= 11 is 0. The molecule has 2 aliphatic carbocycles. The minimum absolute atomic E-state index is 0.0365. The molecule has 4 rings (SSSR count). The number of carbonyl (C=O) groups is 2. The first-order valence-corrected chi connectivity index (χ1v) is 10.3. The molecule has 5 nitrogen and oxygen atoms in total. The maximum absolute atomic E-state index is 13.2. The Labute approximate surface area is 181 Å². The third kappa shape index (κ3) is 3.87. The van der Waals surface area contributed by atoms with E-state index in [2.05, 4.69) is 10.5 Å². The summed E-state index contributed by atoms with van der Waals surface area (Å²) in [6, 6.07) is 17.8. The molecule has 0 spiro atoms. The van der Waals surface area contributed by atoms with Crippen LogP contribution >= 0.6 is 0 Å². The summed E-state index contributed by atoms with van der Waals surface area (Å²) in [6.45, 7) is 3.88. The van der Waals surface area contributed by atoms with E-state index in [1.54, 1.807) is 6.08 Å². The quantitative estimate of drug-likeness (QED) is 0.530. The fourth-order valence-corrected chi connectivity index (χ4v) is 4.27. The Morgan fingerprint density at radius 1 is 1.00 bits per heavy atom. The summed E-state index contributed by atoms with van der Waals surface area (Å²) < 4.78 is 0. The molecule has 2 bridgehead atoms. The molecule has 0 radical (unpaired) electrons. The molecule has 2 aromatic rings. The Bertz CT molecular complexity index is 1150. The number of carbonyl (C=O) groups excluding carboxylic acids is 2. The van der Waals surface area contributed by atoms with Gasteiger partial charge in [-0.1, -0.05) is 73.6 Å². The largest absolute Gasteiger partial charge is 0.410 e. The number of hydrogen-bond donors (Lipinski definition) is 2. The van der Waals surface area contributed by atoms with E-state index in [0.29, 0.717) is 29.7 Å². The fourth-order valence-electron chi connectivity index (χ4n) is 4.27. The molecule has 31 heavy (non-hydrogen) atoms. The average Bonchev–Trinajstić information content (AvgIpc) is 2.96. The Morgan fingerprint density at radius 2 is 1.68 bits per heavy atom. The second kappa shape index (κ2) is 8.19. The first-order chi connectivity index (χ1) is 14.9. The van der Waals surface area contributed by atoms with Crippen LogP contribution in [0.2, 0.25) is 0 Å². The zero-order chi connectivity index (χ0) is 22.0. The highest BCUT2D eigenvalue weighted by Gasteiger charge is 2.38. The van der Waals surface area contributed by atoms with Crippen LogP contribution in [0.4, 0.5) is 5.69 Å². The van der Waals surface area contributed by atoms with Crippen molar-refractivity contribution in [3.8, 4) is 11.1 Å². The number of anilines is 1. The highest BCUT2D eigenvalue weighted by atomic mass is 16.4. The van der Waals surface area contributed by atoms with Crippen LogP contribution in [-0.4, -0.2) is 22.6 Å². The molecule has 2 aliphatic rings. The van der Waals surface area contributed by atoms with Crippen molar-refractivity contribution in [3.63, 3.8) is 0 Å². The average molecular weight is 412 g/mol. The summed E-state index contributed by atoms with van der Waals surface area (Å²) in [7, 11) is 0. The van der Waals surface area contributed by atoms with Gasteiger partial charge in [0.1, 0.15) is 0 Å². The molecular weight excluding hydrogens is 388 g/mol. The van der Waals surface area contributed by atoms with Crippen molar-refractivity contribution in [2.45, 2.75) is 26.7 Å². The maximum Gasteiger partial charge on any atom is 0.251 e. The van der Waals surface area contributed by atoms with Crippen molar-refractivity contribution < 1.29 is 14.8 Å². The molecule has 0 saturated heterocycles. The van der Waals surface area contributed by atoms with Gasteiger partial charge in [-0.25, -0.2) is 0 Å². The van der Waals surface area contributed by atoms with Crippen LogP contribution in [0.3, 0.4) is 0 Å². The minimum atomic E-state index is -0.634. The molecule has 1 amide bonds. The molecular formula is C26H24N2O3. The predicted molar refractivity (Wildman–Crippen MR) is 122 cm³/mol. The molecule has 5 heteroatoms. The predicted octanol–water partition coefficient (Wildman–Crippen LogP) is 5.30. The normalized spacial score (nSPS) is 19.0. The number of nitrogens with one attached hydrogen (secondary N) is 1. The molecule has 2 aromatic carbocycles. The van der Waals surface area contributed by atoms with E-state index in [-0.39, 0.29) is 17.4 Å². The zero-order valence-corrected chi connectivity index (χ0v) is 17.6. The van der Waals surface area contributed by atoms with Crippen LogP contribution in [0.1, 0.15) is 26.7 Å². The van der Waals surface area contributed by atoms with Gasteiger partial charge in [0.2, 0.25) is 5.78 Å². The third-order valence-electron chi connectivity index (χ3n) is 5.93. The van der Waals surface area contributed by atoms with Crippen LogP contribution in [-0.2, 0) is 9.59 Å². The number of benzene rings is 2. The Morgan fingerprint density at radius 3 is 2.35 bits per heavy atom. The third-order valence-corrected chi connectivity index (χ3v) is 5.93. The van der Waals surface area contributed by atoms with Crippen LogP contribution < -0.4 is 5.32 Å². The van der Waals surface area contributed by atoms with E-state index < -0.39 is 5.41 Å². The van der Waals surface area contributed by atoms with E-state index >= 15 is 0 Å². The first kappa shape index (κ1) is 20.5. The van der Waals surface area contributed by atoms with Gasteiger partial charge >= 0.3 is 0 Å². The van der Waals surface area contributed by atoms with Gasteiger partial charge in [-0.05, 0) is 53.3 Å². The lowest BCUT2D eigenvalue weighted by Crippen LogP contribution is -2.26. The van der Waals surface area contributed by atoms with Gasteiger partial charge in [-0.2, -0.15) is 0 Å². The molecule has 0 atom stereocenters. The SMILES string of the molecule is CC1(C)C2=CCCC(C(=O)Nc3ccc(-c4ccccc4)cc3)=C1C=CC(=O)C2=NO. The number of hydrogen-bond acceptors (Lipinski definition) is 4. The van der Waals surface area contributed by atoms with Crippen molar-refractivity contribution in [1.29, 1.82) is 0 Å². The standard InChI is InChI=1S/C26H24N2O3/c1-26(2)21-15-16-23(29)24(28-31)22(26)10-6-9-20(21)25(30)27-19-13-11-18(12-14-19)17-7-4-3-5-8-17/h3-5,7-8,10-16,31H,6,9H2,1-2H3,(H,27,30). The smallest absolute Gasteiger partial charge is 0.251 e. The van der Waals surface area contributed by atoms with Gasteiger partial charge in [0.05, 0.1) is 0 Å². The van der Waals surface area contributed by atoms with Gasteiger partial charge < -0.3 is 10.5 Å².